The summed E-state index contributed by atoms with van der Waals surface area (Å²) in [4.78, 5) is 16.7. The largest absolute Gasteiger partial charge is 0.383 e. The zero-order valence-electron chi connectivity index (χ0n) is 13.4. The molecule has 1 amide bonds. The zero-order chi connectivity index (χ0) is 18.0. The lowest BCUT2D eigenvalue weighted by atomic mass is 10.0. The summed E-state index contributed by atoms with van der Waals surface area (Å²) in [5, 5.41) is 3.21. The average molecular weight is 356 g/mol. The maximum atomic E-state index is 13.1. The van der Waals surface area contributed by atoms with Crippen molar-refractivity contribution in [3.05, 3.63) is 76.7 Å². The lowest BCUT2D eigenvalue weighted by Crippen LogP contribution is -2.16. The molecule has 1 aromatic heterocycles. The standard InChI is InChI=1S/C19H15ClFN3O/c1-11-3-2-4-16(20)17(11)24-19(25)15-9-13(10-23-18(15)22)12-5-7-14(21)8-6-12/h2-10H,1H3,(H2,22,23)(H,24,25). The highest BCUT2D eigenvalue weighted by Gasteiger charge is 2.15. The van der Waals surface area contributed by atoms with Crippen LogP contribution in [0.25, 0.3) is 11.1 Å². The Morgan fingerprint density at radius 1 is 1.16 bits per heavy atom. The van der Waals surface area contributed by atoms with Gasteiger partial charge in [-0.15, -0.1) is 0 Å². The van der Waals surface area contributed by atoms with Crippen LogP contribution in [0, 0.1) is 12.7 Å². The SMILES string of the molecule is Cc1cccc(Cl)c1NC(=O)c1cc(-c2ccc(F)cc2)cnc1N. The number of anilines is 2. The molecule has 0 fully saturated rings. The maximum Gasteiger partial charge on any atom is 0.259 e. The van der Waals surface area contributed by atoms with Gasteiger partial charge in [-0.2, -0.15) is 0 Å². The van der Waals surface area contributed by atoms with E-state index in [1.807, 2.05) is 13.0 Å². The van der Waals surface area contributed by atoms with Gasteiger partial charge in [0.25, 0.3) is 5.91 Å². The van der Waals surface area contributed by atoms with Crippen molar-refractivity contribution in [3.63, 3.8) is 0 Å². The van der Waals surface area contributed by atoms with Crippen LogP contribution < -0.4 is 11.1 Å². The third-order valence-electron chi connectivity index (χ3n) is 3.80. The molecule has 3 rings (SSSR count). The molecule has 25 heavy (non-hydrogen) atoms. The topological polar surface area (TPSA) is 68.0 Å². The Kier molecular flexibility index (Phi) is 4.67. The quantitative estimate of drug-likeness (QED) is 0.716. The monoisotopic (exact) mass is 355 g/mol. The minimum atomic E-state index is -0.412. The van der Waals surface area contributed by atoms with Gasteiger partial charge >= 0.3 is 0 Å². The molecule has 1 heterocycles. The molecule has 0 radical (unpaired) electrons. The third-order valence-corrected chi connectivity index (χ3v) is 4.12. The number of nitrogens with two attached hydrogens (primary N) is 1. The lowest BCUT2D eigenvalue weighted by Gasteiger charge is -2.12. The predicted octanol–water partition coefficient (Wildman–Crippen LogP) is 4.68. The summed E-state index contributed by atoms with van der Waals surface area (Å²) in [5.41, 5.74) is 8.84. The molecule has 6 heteroatoms. The van der Waals surface area contributed by atoms with Crippen molar-refractivity contribution in [1.82, 2.24) is 4.98 Å². The highest BCUT2D eigenvalue weighted by atomic mass is 35.5. The number of rotatable bonds is 3. The van der Waals surface area contributed by atoms with E-state index in [9.17, 15) is 9.18 Å². The molecule has 0 aliphatic heterocycles. The van der Waals surface area contributed by atoms with Crippen LogP contribution in [0.5, 0.6) is 0 Å². The molecule has 0 aliphatic rings. The number of para-hydroxylation sites is 1. The number of pyridine rings is 1. The van der Waals surface area contributed by atoms with E-state index in [0.29, 0.717) is 16.3 Å². The number of carbonyl (C=O) groups excluding carboxylic acids is 1. The Labute approximate surface area is 149 Å². The van der Waals surface area contributed by atoms with Gasteiger partial charge in [-0.3, -0.25) is 4.79 Å². The first kappa shape index (κ1) is 16.9. The van der Waals surface area contributed by atoms with Crippen molar-refractivity contribution < 1.29 is 9.18 Å². The summed E-state index contributed by atoms with van der Waals surface area (Å²) in [6, 6.07) is 12.9. The predicted molar refractivity (Wildman–Crippen MR) is 98.2 cm³/mol. The van der Waals surface area contributed by atoms with Gasteiger partial charge in [0.1, 0.15) is 11.6 Å². The first-order chi connectivity index (χ1) is 12.0. The fraction of sp³-hybridized carbons (Fsp3) is 0.0526. The molecule has 0 atom stereocenters. The van der Waals surface area contributed by atoms with Crippen LogP contribution in [0.3, 0.4) is 0 Å². The highest BCUT2D eigenvalue weighted by Crippen LogP contribution is 2.27. The van der Waals surface area contributed by atoms with E-state index in [-0.39, 0.29) is 17.2 Å². The second-order valence-corrected chi connectivity index (χ2v) is 5.96. The lowest BCUT2D eigenvalue weighted by molar-refractivity contribution is 0.102. The van der Waals surface area contributed by atoms with Crippen molar-refractivity contribution in [1.29, 1.82) is 0 Å². The third kappa shape index (κ3) is 3.61. The molecule has 3 N–H and O–H groups in total. The Hall–Kier alpha value is -2.92. The van der Waals surface area contributed by atoms with Crippen LogP contribution in [0.4, 0.5) is 15.9 Å². The van der Waals surface area contributed by atoms with Gasteiger partial charge < -0.3 is 11.1 Å². The van der Waals surface area contributed by atoms with E-state index >= 15 is 0 Å². The molecule has 0 bridgehead atoms. The number of hydrogen-bond donors (Lipinski definition) is 2. The van der Waals surface area contributed by atoms with Crippen LogP contribution in [0.2, 0.25) is 5.02 Å². The fourth-order valence-electron chi connectivity index (χ4n) is 2.43. The van der Waals surface area contributed by atoms with Gasteiger partial charge in [0.15, 0.2) is 0 Å². The van der Waals surface area contributed by atoms with E-state index in [0.717, 1.165) is 11.1 Å². The summed E-state index contributed by atoms with van der Waals surface area (Å²) in [5.74, 6) is -0.641. The first-order valence-corrected chi connectivity index (χ1v) is 7.91. The number of hydrogen-bond acceptors (Lipinski definition) is 3. The number of amides is 1. The van der Waals surface area contributed by atoms with Crippen molar-refractivity contribution in [2.45, 2.75) is 6.92 Å². The smallest absolute Gasteiger partial charge is 0.259 e. The van der Waals surface area contributed by atoms with Crippen molar-refractivity contribution in [2.24, 2.45) is 0 Å². The van der Waals surface area contributed by atoms with Crippen molar-refractivity contribution in [2.75, 3.05) is 11.1 Å². The Morgan fingerprint density at radius 3 is 2.56 bits per heavy atom. The highest BCUT2D eigenvalue weighted by molar-refractivity contribution is 6.34. The van der Waals surface area contributed by atoms with Crippen molar-refractivity contribution in [3.8, 4) is 11.1 Å². The number of nitrogen functional groups attached to an aromatic ring is 1. The van der Waals surface area contributed by atoms with Gasteiger partial charge in [-0.25, -0.2) is 9.37 Å². The number of aryl methyl sites for hydroxylation is 1. The van der Waals surface area contributed by atoms with Gasteiger partial charge in [-0.05, 0) is 42.3 Å². The number of carbonyl (C=O) groups is 1. The van der Waals surface area contributed by atoms with E-state index in [4.69, 9.17) is 17.3 Å². The molecule has 4 nitrogen and oxygen atoms in total. The zero-order valence-corrected chi connectivity index (χ0v) is 14.1. The van der Waals surface area contributed by atoms with Gasteiger partial charge in [-0.1, -0.05) is 35.9 Å². The molecule has 3 aromatic rings. The first-order valence-electron chi connectivity index (χ1n) is 7.53. The van der Waals surface area contributed by atoms with Gasteiger partial charge in [0.2, 0.25) is 0 Å². The van der Waals surface area contributed by atoms with Crippen molar-refractivity contribution >= 4 is 29.0 Å². The summed E-state index contributed by atoms with van der Waals surface area (Å²) in [6.07, 6.45) is 1.54. The van der Waals surface area contributed by atoms with E-state index in [1.165, 1.54) is 12.1 Å². The van der Waals surface area contributed by atoms with Crippen LogP contribution >= 0.6 is 11.6 Å². The second kappa shape index (κ2) is 6.91. The van der Waals surface area contributed by atoms with E-state index < -0.39 is 5.91 Å². The van der Waals surface area contributed by atoms with Crippen LogP contribution in [-0.2, 0) is 0 Å². The molecule has 0 aliphatic carbocycles. The molecule has 0 saturated heterocycles. The minimum absolute atomic E-state index is 0.105. The molecule has 0 saturated carbocycles. The number of aromatic nitrogens is 1. The number of halogens is 2. The Morgan fingerprint density at radius 2 is 1.88 bits per heavy atom. The summed E-state index contributed by atoms with van der Waals surface area (Å²) in [6.45, 7) is 1.85. The summed E-state index contributed by atoms with van der Waals surface area (Å²) < 4.78 is 13.1. The maximum absolute atomic E-state index is 13.1. The Bertz CT molecular complexity index is 922. The molecule has 2 aromatic carbocycles. The van der Waals surface area contributed by atoms with Crippen LogP contribution in [0.1, 0.15) is 15.9 Å². The molecular formula is C19H15ClFN3O. The molecule has 126 valence electrons. The van der Waals surface area contributed by atoms with Crippen LogP contribution in [0.15, 0.2) is 54.7 Å². The normalized spacial score (nSPS) is 10.5. The van der Waals surface area contributed by atoms with E-state index in [1.54, 1.807) is 36.5 Å². The number of nitrogens with one attached hydrogen (secondary N) is 1. The van der Waals surface area contributed by atoms with Gasteiger partial charge in [0.05, 0.1) is 16.3 Å². The fourth-order valence-corrected chi connectivity index (χ4v) is 2.70. The summed E-state index contributed by atoms with van der Waals surface area (Å²) >= 11 is 6.15. The second-order valence-electron chi connectivity index (χ2n) is 5.55. The van der Waals surface area contributed by atoms with Crippen LogP contribution in [-0.4, -0.2) is 10.9 Å². The Balaban J connectivity index is 1.95. The minimum Gasteiger partial charge on any atom is -0.383 e. The number of benzene rings is 2. The molecule has 0 spiro atoms. The van der Waals surface area contributed by atoms with Gasteiger partial charge in [0, 0.05) is 11.8 Å². The number of nitrogens with zero attached hydrogens (tertiary/aromatic N) is 1. The molecular weight excluding hydrogens is 341 g/mol. The average Bonchev–Trinajstić information content (AvgIpc) is 2.59. The molecule has 0 unspecified atom stereocenters. The van der Waals surface area contributed by atoms with E-state index in [2.05, 4.69) is 10.3 Å². The summed E-state index contributed by atoms with van der Waals surface area (Å²) in [7, 11) is 0.